The number of para-hydroxylation sites is 1. The van der Waals surface area contributed by atoms with E-state index in [1.165, 1.54) is 30.0 Å². The van der Waals surface area contributed by atoms with Crippen molar-refractivity contribution in [3.05, 3.63) is 65.2 Å². The average Bonchev–Trinajstić information content (AvgIpc) is 3.80. The molecular formula is C32H44N4O5. The number of nitrogens with zero attached hydrogens (tertiary/aromatic N) is 1. The second-order valence-corrected chi connectivity index (χ2v) is 11.4. The summed E-state index contributed by atoms with van der Waals surface area (Å²) in [6.07, 6.45) is 4.05. The van der Waals surface area contributed by atoms with Crippen molar-refractivity contribution in [2.45, 2.75) is 76.7 Å². The van der Waals surface area contributed by atoms with Crippen LogP contribution in [0, 0.1) is 12.8 Å². The lowest BCUT2D eigenvalue weighted by molar-refractivity contribution is -0.145. The number of hydrogen-bond acceptors (Lipinski definition) is 6. The molecule has 0 aromatic heterocycles. The lowest BCUT2D eigenvalue weighted by Crippen LogP contribution is -2.59. The minimum atomic E-state index is -1.08. The smallest absolute Gasteiger partial charge is 0.245 e. The van der Waals surface area contributed by atoms with E-state index in [4.69, 9.17) is 4.74 Å². The number of carbonyl (C=O) groups excluding carboxylic acids is 3. The van der Waals surface area contributed by atoms with Gasteiger partial charge in [-0.1, -0.05) is 54.1 Å². The highest BCUT2D eigenvalue weighted by molar-refractivity contribution is 5.92. The van der Waals surface area contributed by atoms with Crippen LogP contribution in [-0.4, -0.2) is 78.7 Å². The molecule has 4 atom stereocenters. The van der Waals surface area contributed by atoms with Gasteiger partial charge in [0.2, 0.25) is 17.7 Å². The summed E-state index contributed by atoms with van der Waals surface area (Å²) >= 11 is 0. The number of fused-ring (bicyclic) bond motifs is 1. The van der Waals surface area contributed by atoms with Crippen LogP contribution in [0.3, 0.4) is 0 Å². The average molecular weight is 565 g/mol. The predicted molar refractivity (Wildman–Crippen MR) is 157 cm³/mol. The van der Waals surface area contributed by atoms with Crippen molar-refractivity contribution in [1.82, 2.24) is 20.9 Å². The molecule has 2 bridgehead atoms. The topological polar surface area (TPSA) is 120 Å². The van der Waals surface area contributed by atoms with Gasteiger partial charge in [-0.25, -0.2) is 0 Å². The van der Waals surface area contributed by atoms with E-state index in [9.17, 15) is 19.5 Å². The van der Waals surface area contributed by atoms with E-state index < -0.39 is 24.1 Å². The summed E-state index contributed by atoms with van der Waals surface area (Å²) in [5.41, 5.74) is 3.65. The van der Waals surface area contributed by atoms with E-state index in [2.05, 4.69) is 47.1 Å². The van der Waals surface area contributed by atoms with Crippen LogP contribution in [0.2, 0.25) is 0 Å². The molecular weight excluding hydrogens is 520 g/mol. The first-order valence-corrected chi connectivity index (χ1v) is 14.8. The fourth-order valence-corrected chi connectivity index (χ4v) is 5.46. The van der Waals surface area contributed by atoms with Gasteiger partial charge in [0, 0.05) is 20.1 Å². The Morgan fingerprint density at radius 2 is 1.66 bits per heavy atom. The SMILES string of the molecule is CC(O)C1C(=O)NCC(=O)NCCCc2cccc3c2OC(CC3)CNC(C2CC2)C(=O)N1C.Cc1ccccc1. The number of carbonyl (C=O) groups is 3. The number of hydrogen-bond donors (Lipinski definition) is 4. The van der Waals surface area contributed by atoms with Gasteiger partial charge in [0.05, 0.1) is 18.7 Å². The summed E-state index contributed by atoms with van der Waals surface area (Å²) in [5.74, 6) is 0.0489. The first-order chi connectivity index (χ1) is 19.7. The molecule has 222 valence electrons. The maximum Gasteiger partial charge on any atom is 0.245 e. The van der Waals surface area contributed by atoms with E-state index >= 15 is 0 Å². The molecule has 41 heavy (non-hydrogen) atoms. The van der Waals surface area contributed by atoms with Gasteiger partial charge in [0.15, 0.2) is 0 Å². The van der Waals surface area contributed by atoms with Crippen LogP contribution in [0.1, 0.15) is 49.3 Å². The third-order valence-corrected chi connectivity index (χ3v) is 7.92. The molecule has 3 aliphatic rings. The van der Waals surface area contributed by atoms with Gasteiger partial charge >= 0.3 is 0 Å². The molecule has 0 saturated heterocycles. The molecule has 9 heteroatoms. The van der Waals surface area contributed by atoms with Gasteiger partial charge in [0.25, 0.3) is 0 Å². The van der Waals surface area contributed by atoms with Gasteiger partial charge < -0.3 is 30.7 Å². The molecule has 1 aliphatic carbocycles. The van der Waals surface area contributed by atoms with Crippen molar-refractivity contribution in [1.29, 1.82) is 0 Å². The Kier molecular flexibility index (Phi) is 10.8. The monoisotopic (exact) mass is 564 g/mol. The number of nitrogens with one attached hydrogen (secondary N) is 3. The first-order valence-electron chi connectivity index (χ1n) is 14.8. The summed E-state index contributed by atoms with van der Waals surface area (Å²) in [6.45, 7) is 4.37. The molecule has 1 fully saturated rings. The zero-order valence-corrected chi connectivity index (χ0v) is 24.4. The molecule has 2 heterocycles. The standard InChI is InChI=1S/C25H36N4O5.C7H8/c1-15(30)22-24(32)28-14-20(31)26-12-4-7-17-5-3-6-18-10-11-19(34-23(17)18)13-27-21(16-8-9-16)25(33)29(22)2;1-7-5-3-2-4-6-7/h3,5-6,15-16,19,21-22,27,30H,4,7-14H2,1-2H3,(H,26,31)(H,28,32);2-6H,1H3. The van der Waals surface area contributed by atoms with E-state index in [0.29, 0.717) is 13.1 Å². The third kappa shape index (κ3) is 8.53. The second-order valence-electron chi connectivity index (χ2n) is 11.4. The van der Waals surface area contributed by atoms with E-state index in [0.717, 1.165) is 49.8 Å². The van der Waals surface area contributed by atoms with Crippen molar-refractivity contribution in [2.75, 3.05) is 26.7 Å². The molecule has 0 radical (unpaired) electrons. The van der Waals surface area contributed by atoms with Gasteiger partial charge in [-0.05, 0) is 69.4 Å². The number of rotatable bonds is 2. The molecule has 1 saturated carbocycles. The number of benzene rings is 2. The molecule has 4 unspecified atom stereocenters. The van der Waals surface area contributed by atoms with Crippen LogP contribution in [0.4, 0.5) is 0 Å². The van der Waals surface area contributed by atoms with Gasteiger partial charge in [-0.2, -0.15) is 0 Å². The lowest BCUT2D eigenvalue weighted by atomic mass is 9.97. The molecule has 3 amide bonds. The number of likely N-dealkylation sites (N-methyl/N-ethyl adjacent to an activating group) is 1. The summed E-state index contributed by atoms with van der Waals surface area (Å²) in [7, 11) is 1.54. The highest BCUT2D eigenvalue weighted by Crippen LogP contribution is 2.35. The molecule has 9 nitrogen and oxygen atoms in total. The zero-order chi connectivity index (χ0) is 29.4. The predicted octanol–water partition coefficient (Wildman–Crippen LogP) is 2.13. The Bertz CT molecular complexity index is 1180. The number of ether oxygens (including phenoxy) is 1. The summed E-state index contributed by atoms with van der Waals surface area (Å²) in [6, 6.07) is 14.9. The normalized spacial score (nSPS) is 24.8. The number of aliphatic hydroxyl groups is 1. The molecule has 0 spiro atoms. The van der Waals surface area contributed by atoms with Crippen molar-refractivity contribution < 1.29 is 24.2 Å². The zero-order valence-electron chi connectivity index (χ0n) is 24.4. The minimum absolute atomic E-state index is 0.0533. The Hall–Kier alpha value is -3.43. The third-order valence-electron chi connectivity index (χ3n) is 7.92. The van der Waals surface area contributed by atoms with Crippen LogP contribution < -0.4 is 20.7 Å². The Labute approximate surface area is 243 Å². The number of aryl methyl sites for hydroxylation is 3. The maximum absolute atomic E-state index is 13.4. The van der Waals surface area contributed by atoms with Gasteiger partial charge in [0.1, 0.15) is 17.9 Å². The highest BCUT2D eigenvalue weighted by atomic mass is 16.5. The fourth-order valence-electron chi connectivity index (χ4n) is 5.46. The minimum Gasteiger partial charge on any atom is -0.489 e. The van der Waals surface area contributed by atoms with Crippen molar-refractivity contribution in [3.8, 4) is 5.75 Å². The second kappa shape index (κ2) is 14.5. The van der Waals surface area contributed by atoms with Crippen molar-refractivity contribution in [2.24, 2.45) is 5.92 Å². The van der Waals surface area contributed by atoms with E-state index in [-0.39, 0.29) is 30.4 Å². The number of amides is 3. The summed E-state index contributed by atoms with van der Waals surface area (Å²) < 4.78 is 6.39. The van der Waals surface area contributed by atoms with Gasteiger partial charge in [-0.3, -0.25) is 14.4 Å². The summed E-state index contributed by atoms with van der Waals surface area (Å²) in [4.78, 5) is 39.8. The maximum atomic E-state index is 13.4. The molecule has 2 aromatic rings. The van der Waals surface area contributed by atoms with Crippen LogP contribution >= 0.6 is 0 Å². The van der Waals surface area contributed by atoms with Crippen LogP contribution in [0.25, 0.3) is 0 Å². The van der Waals surface area contributed by atoms with Crippen LogP contribution in [-0.2, 0) is 27.2 Å². The first kappa shape index (κ1) is 30.5. The van der Waals surface area contributed by atoms with E-state index in [1.54, 1.807) is 0 Å². The molecule has 2 aliphatic heterocycles. The largest absolute Gasteiger partial charge is 0.489 e. The quantitative estimate of drug-likeness (QED) is 0.444. The van der Waals surface area contributed by atoms with Crippen molar-refractivity contribution in [3.63, 3.8) is 0 Å². The van der Waals surface area contributed by atoms with Crippen LogP contribution in [0.15, 0.2) is 48.5 Å². The van der Waals surface area contributed by atoms with Crippen molar-refractivity contribution >= 4 is 17.7 Å². The van der Waals surface area contributed by atoms with E-state index in [1.807, 2.05) is 24.3 Å². The van der Waals surface area contributed by atoms with Crippen LogP contribution in [0.5, 0.6) is 5.75 Å². The molecule has 4 N–H and O–H groups in total. The summed E-state index contributed by atoms with van der Waals surface area (Å²) in [5, 5.41) is 19.1. The Morgan fingerprint density at radius 1 is 0.951 bits per heavy atom. The van der Waals surface area contributed by atoms with Gasteiger partial charge in [-0.15, -0.1) is 0 Å². The lowest BCUT2D eigenvalue weighted by Gasteiger charge is -2.34. The highest BCUT2D eigenvalue weighted by Gasteiger charge is 2.41. The molecule has 5 rings (SSSR count). The number of aliphatic hydroxyl groups excluding tert-OH is 1. The fraction of sp³-hybridized carbons (Fsp3) is 0.531. The Morgan fingerprint density at radius 3 is 2.29 bits per heavy atom. The Balaban J connectivity index is 0.000000483. The molecule has 2 aromatic carbocycles.